The Morgan fingerprint density at radius 2 is 2.04 bits per heavy atom. The molecule has 2 aliphatic heterocycles. The second-order valence-corrected chi connectivity index (χ2v) is 8.70. The van der Waals surface area contributed by atoms with Gasteiger partial charge in [0.15, 0.2) is 0 Å². The van der Waals surface area contributed by atoms with Gasteiger partial charge >= 0.3 is 0 Å². The van der Waals surface area contributed by atoms with Crippen molar-refractivity contribution in [1.82, 2.24) is 5.32 Å². The molecule has 0 radical (unpaired) electrons. The van der Waals surface area contributed by atoms with E-state index in [4.69, 9.17) is 16.3 Å². The Balaban J connectivity index is 1.82. The number of ether oxygens (including phenoxy) is 1. The second kappa shape index (κ2) is 6.17. The van der Waals surface area contributed by atoms with Gasteiger partial charge < -0.3 is 10.1 Å². The van der Waals surface area contributed by atoms with E-state index in [1.54, 1.807) is 37.3 Å². The standard InChI is InChI=1S/C18H17ClN2O4S/c1-11-10-21(16-8-13(19)3-5-17(16)25-11)26(23,24)14-4-2-12-6-7-20-18(22)15(12)9-14/h2-5,8-9,11H,6-7,10H2,1H3,(H,20,22)/t11-/m1/s1. The van der Waals surface area contributed by atoms with Gasteiger partial charge in [0, 0.05) is 17.1 Å². The third-order valence-electron chi connectivity index (χ3n) is 4.53. The van der Waals surface area contributed by atoms with E-state index in [-0.39, 0.29) is 23.5 Å². The molecule has 0 saturated carbocycles. The van der Waals surface area contributed by atoms with Crippen LogP contribution in [0.25, 0.3) is 0 Å². The zero-order valence-electron chi connectivity index (χ0n) is 14.0. The van der Waals surface area contributed by atoms with Gasteiger partial charge in [0.25, 0.3) is 15.9 Å². The average Bonchev–Trinajstić information content (AvgIpc) is 2.61. The van der Waals surface area contributed by atoms with Gasteiger partial charge in [0.1, 0.15) is 11.9 Å². The molecule has 26 heavy (non-hydrogen) atoms. The summed E-state index contributed by atoms with van der Waals surface area (Å²) in [6.07, 6.45) is 0.383. The van der Waals surface area contributed by atoms with E-state index in [0.29, 0.717) is 35.0 Å². The molecule has 0 unspecified atom stereocenters. The third kappa shape index (κ3) is 2.81. The number of sulfonamides is 1. The minimum atomic E-state index is -3.87. The smallest absolute Gasteiger partial charge is 0.264 e. The maximum absolute atomic E-state index is 13.3. The summed E-state index contributed by atoms with van der Waals surface area (Å²) in [5.41, 5.74) is 1.66. The van der Waals surface area contributed by atoms with Crippen LogP contribution in [-0.4, -0.2) is 33.5 Å². The molecule has 1 N–H and O–H groups in total. The molecule has 0 spiro atoms. The first-order valence-corrected chi connectivity index (χ1v) is 10.1. The predicted molar refractivity (Wildman–Crippen MR) is 98.6 cm³/mol. The summed E-state index contributed by atoms with van der Waals surface area (Å²) in [5.74, 6) is 0.217. The van der Waals surface area contributed by atoms with E-state index >= 15 is 0 Å². The molecule has 0 bridgehead atoms. The summed E-state index contributed by atoms with van der Waals surface area (Å²) >= 11 is 6.06. The quantitative estimate of drug-likeness (QED) is 0.852. The molecule has 136 valence electrons. The SMILES string of the molecule is C[C@@H]1CN(S(=O)(=O)c2ccc3c(c2)C(=O)NCC3)c2cc(Cl)ccc2O1. The van der Waals surface area contributed by atoms with Crippen LogP contribution in [0, 0.1) is 0 Å². The Morgan fingerprint density at radius 1 is 1.23 bits per heavy atom. The third-order valence-corrected chi connectivity index (χ3v) is 6.55. The van der Waals surface area contributed by atoms with Gasteiger partial charge in [-0.3, -0.25) is 9.10 Å². The predicted octanol–water partition coefficient (Wildman–Crippen LogP) is 2.60. The van der Waals surface area contributed by atoms with Crippen LogP contribution in [0.1, 0.15) is 22.8 Å². The molecule has 8 heteroatoms. The first-order chi connectivity index (χ1) is 12.4. The van der Waals surface area contributed by atoms with Crippen molar-refractivity contribution in [3.63, 3.8) is 0 Å². The molecule has 2 aromatic rings. The molecule has 0 saturated heterocycles. The van der Waals surface area contributed by atoms with Crippen molar-refractivity contribution in [2.75, 3.05) is 17.4 Å². The summed E-state index contributed by atoms with van der Waals surface area (Å²) in [4.78, 5) is 12.2. The number of hydrogen-bond acceptors (Lipinski definition) is 4. The topological polar surface area (TPSA) is 75.7 Å². The first-order valence-electron chi connectivity index (χ1n) is 8.26. The van der Waals surface area contributed by atoms with Crippen molar-refractivity contribution >= 4 is 33.2 Å². The van der Waals surface area contributed by atoms with E-state index in [0.717, 1.165) is 5.56 Å². The number of amides is 1. The number of carbonyl (C=O) groups is 1. The van der Waals surface area contributed by atoms with Gasteiger partial charge in [-0.2, -0.15) is 0 Å². The average molecular weight is 393 g/mol. The summed E-state index contributed by atoms with van der Waals surface area (Å²) in [6.45, 7) is 2.53. The molecule has 2 heterocycles. The zero-order valence-corrected chi connectivity index (χ0v) is 15.6. The highest BCUT2D eigenvalue weighted by Gasteiger charge is 2.34. The van der Waals surface area contributed by atoms with Crippen molar-refractivity contribution in [1.29, 1.82) is 0 Å². The van der Waals surface area contributed by atoms with Crippen molar-refractivity contribution < 1.29 is 17.9 Å². The minimum absolute atomic E-state index is 0.0772. The molecule has 2 aliphatic rings. The van der Waals surface area contributed by atoms with E-state index in [1.807, 2.05) is 0 Å². The number of nitrogens with one attached hydrogen (secondary N) is 1. The Kier molecular flexibility index (Phi) is 4.08. The molecular weight excluding hydrogens is 376 g/mol. The van der Waals surface area contributed by atoms with Crippen LogP contribution in [-0.2, 0) is 16.4 Å². The number of rotatable bonds is 2. The highest BCUT2D eigenvalue weighted by atomic mass is 35.5. The second-order valence-electron chi connectivity index (χ2n) is 6.40. The molecule has 4 rings (SSSR count). The largest absolute Gasteiger partial charge is 0.487 e. The van der Waals surface area contributed by atoms with E-state index < -0.39 is 10.0 Å². The molecule has 0 aromatic heterocycles. The number of fused-ring (bicyclic) bond motifs is 2. The fraction of sp³-hybridized carbons (Fsp3) is 0.278. The lowest BCUT2D eigenvalue weighted by atomic mass is 10.0. The van der Waals surface area contributed by atoms with Gasteiger partial charge in [-0.05, 0) is 49.2 Å². The summed E-state index contributed by atoms with van der Waals surface area (Å²) < 4.78 is 33.6. The maximum atomic E-state index is 13.3. The summed E-state index contributed by atoms with van der Waals surface area (Å²) in [7, 11) is -3.87. The van der Waals surface area contributed by atoms with E-state index in [9.17, 15) is 13.2 Å². The van der Waals surface area contributed by atoms with Crippen molar-refractivity contribution in [2.24, 2.45) is 0 Å². The fourth-order valence-electron chi connectivity index (χ4n) is 3.28. The van der Waals surface area contributed by atoms with Gasteiger partial charge in [-0.1, -0.05) is 17.7 Å². The van der Waals surface area contributed by atoms with Gasteiger partial charge in [0.05, 0.1) is 17.1 Å². The number of halogens is 1. The number of nitrogens with zero attached hydrogens (tertiary/aromatic N) is 1. The van der Waals surface area contributed by atoms with Gasteiger partial charge in [-0.15, -0.1) is 0 Å². The fourth-order valence-corrected chi connectivity index (χ4v) is 5.01. The van der Waals surface area contributed by atoms with Crippen molar-refractivity contribution in [2.45, 2.75) is 24.3 Å². The molecular formula is C18H17ClN2O4S. The lowest BCUT2D eigenvalue weighted by Gasteiger charge is -2.34. The van der Waals surface area contributed by atoms with E-state index in [2.05, 4.69) is 5.32 Å². The first kappa shape index (κ1) is 17.2. The molecule has 1 atom stereocenters. The highest BCUT2D eigenvalue weighted by Crippen LogP contribution is 2.39. The molecule has 2 aromatic carbocycles. The number of carbonyl (C=O) groups excluding carboxylic acids is 1. The van der Waals surface area contributed by atoms with Crippen LogP contribution in [0.4, 0.5) is 5.69 Å². The minimum Gasteiger partial charge on any atom is -0.487 e. The lowest BCUT2D eigenvalue weighted by molar-refractivity contribution is 0.0945. The Hall–Kier alpha value is -2.25. The van der Waals surface area contributed by atoms with Gasteiger partial charge in [0.2, 0.25) is 0 Å². The molecule has 1 amide bonds. The van der Waals surface area contributed by atoms with E-state index in [1.165, 1.54) is 10.4 Å². The number of benzene rings is 2. The lowest BCUT2D eigenvalue weighted by Crippen LogP contribution is -2.42. The van der Waals surface area contributed by atoms with Crippen molar-refractivity contribution in [3.05, 3.63) is 52.5 Å². The summed E-state index contributed by atoms with van der Waals surface area (Å²) in [6, 6.07) is 9.61. The van der Waals surface area contributed by atoms with Crippen LogP contribution in [0.15, 0.2) is 41.3 Å². The van der Waals surface area contributed by atoms with Crippen LogP contribution >= 0.6 is 11.6 Å². The van der Waals surface area contributed by atoms with Crippen LogP contribution in [0.2, 0.25) is 5.02 Å². The Morgan fingerprint density at radius 3 is 2.85 bits per heavy atom. The highest BCUT2D eigenvalue weighted by molar-refractivity contribution is 7.92. The van der Waals surface area contributed by atoms with Gasteiger partial charge in [-0.25, -0.2) is 8.42 Å². The Bertz CT molecular complexity index is 1010. The number of anilines is 1. The van der Waals surface area contributed by atoms with Crippen LogP contribution in [0.5, 0.6) is 5.75 Å². The summed E-state index contributed by atoms with van der Waals surface area (Å²) in [5, 5.41) is 3.16. The zero-order chi connectivity index (χ0) is 18.5. The van der Waals surface area contributed by atoms with Crippen LogP contribution < -0.4 is 14.4 Å². The number of hydrogen-bond donors (Lipinski definition) is 1. The van der Waals surface area contributed by atoms with Crippen molar-refractivity contribution in [3.8, 4) is 5.75 Å². The molecule has 0 fully saturated rings. The maximum Gasteiger partial charge on any atom is 0.264 e. The molecule has 0 aliphatic carbocycles. The monoisotopic (exact) mass is 392 g/mol. The normalized spacial score (nSPS) is 19.2. The van der Waals surface area contributed by atoms with Crippen LogP contribution in [0.3, 0.4) is 0 Å². The molecule has 6 nitrogen and oxygen atoms in total. The Labute approximate surface area is 156 Å².